The molecular weight excluding hydrogens is 1160 g/mol. The number of amides is 13. The molecule has 0 saturated heterocycles. The molecule has 0 spiro atoms. The van der Waals surface area contributed by atoms with Crippen LogP contribution < -0.4 is 104 Å². The first-order chi connectivity index (χ1) is 40.9. The van der Waals surface area contributed by atoms with E-state index in [0.29, 0.717) is 0 Å². The van der Waals surface area contributed by atoms with Crippen molar-refractivity contribution >= 4 is 113 Å². The molecule has 0 aromatic heterocycles. The normalized spacial score (nSPS) is 12.8. The van der Waals surface area contributed by atoms with Crippen LogP contribution in [0.5, 0.6) is 0 Å². The molecule has 40 heteroatoms. The molecule has 27 N–H and O–H groups in total. The first-order valence-corrected chi connectivity index (χ1v) is 26.6. The number of hydrogen-bond donors (Lipinski definition) is 21. The Hall–Kier alpha value is -10.5. The van der Waals surface area contributed by atoms with Crippen molar-refractivity contribution in [2.45, 2.75) is 121 Å². The molecule has 0 bridgehead atoms. The molecule has 0 aromatic rings. The summed E-state index contributed by atoms with van der Waals surface area (Å²) < 4.78 is 0. The first kappa shape index (κ1) is 76.5. The molecule has 0 aromatic carbocycles. The minimum atomic E-state index is -1.86. The molecule has 40 nitrogen and oxygen atoms in total. The Morgan fingerprint density at radius 3 is 1.13 bits per heavy atom. The second-order valence-corrected chi connectivity index (χ2v) is 18.6. The zero-order chi connectivity index (χ0) is 66.2. The van der Waals surface area contributed by atoms with Crippen molar-refractivity contribution in [3.05, 3.63) is 0 Å². The van der Waals surface area contributed by atoms with Gasteiger partial charge < -0.3 is 119 Å². The number of hydrogen-bond acceptors (Lipinski definition) is 19. The van der Waals surface area contributed by atoms with Gasteiger partial charge in [0.25, 0.3) is 0 Å². The number of carboxylic acid groups (broad SMARTS) is 2. The van der Waals surface area contributed by atoms with Gasteiger partial charge in [0.05, 0.1) is 58.2 Å². The summed E-state index contributed by atoms with van der Waals surface area (Å²) in [6, 6.07) is -10.00. The van der Waals surface area contributed by atoms with Crippen LogP contribution in [0.25, 0.3) is 0 Å². The van der Waals surface area contributed by atoms with Crippen LogP contribution in [0, 0.1) is 0 Å². The Morgan fingerprint density at radius 1 is 0.379 bits per heavy atom. The van der Waals surface area contributed by atoms with Gasteiger partial charge in [-0.25, -0.2) is 0 Å². The summed E-state index contributed by atoms with van der Waals surface area (Å²) in [6.45, 7) is -0.227. The largest absolute Gasteiger partial charge is 0.481 e. The van der Waals surface area contributed by atoms with Crippen molar-refractivity contribution in [2.75, 3.05) is 58.9 Å². The number of carbonyl (C=O) groups is 16. The van der Waals surface area contributed by atoms with Crippen LogP contribution in [0.1, 0.15) is 78.6 Å². The Bertz CT molecular complexity index is 2540. The monoisotopic (exact) mass is 1240 g/mol. The van der Waals surface area contributed by atoms with Crippen molar-refractivity contribution in [1.82, 2.24) is 69.1 Å². The third-order valence-electron chi connectivity index (χ3n) is 11.1. The summed E-state index contributed by atoms with van der Waals surface area (Å²) >= 11 is 0. The number of aliphatic carboxylic acids is 2. The number of rotatable bonds is 43. The predicted molar refractivity (Wildman–Crippen MR) is 304 cm³/mol. The molecular formula is C47H80N22O18. The predicted octanol–water partition coefficient (Wildman–Crippen LogP) is -12.2. The second kappa shape index (κ2) is 42.4. The number of aldehydes is 1. The fraction of sp³-hybridized carbons (Fsp3) is 0.596. The van der Waals surface area contributed by atoms with Crippen molar-refractivity contribution < 1.29 is 86.9 Å². The van der Waals surface area contributed by atoms with E-state index in [1.54, 1.807) is 6.92 Å². The lowest BCUT2D eigenvalue weighted by atomic mass is 10.1. The number of carboxylic acids is 2. The molecule has 0 saturated carbocycles. The van der Waals surface area contributed by atoms with Gasteiger partial charge >= 0.3 is 11.9 Å². The molecule has 0 fully saturated rings. The van der Waals surface area contributed by atoms with E-state index >= 15 is 0 Å². The van der Waals surface area contributed by atoms with Gasteiger partial charge in [-0.3, -0.25) is 86.9 Å². The average Bonchev–Trinajstić information content (AvgIpc) is 3.66. The maximum Gasteiger partial charge on any atom is 0.305 e. The van der Waals surface area contributed by atoms with Gasteiger partial charge in [-0.05, 0) is 52.4 Å². The standard InChI is InChI=1S/C47H80N22O18/c1-4-30(71)66-26(8-5-11-54-45(48)49)41(84)61-20-34(75)63-24(3)40(83)69-29(15-38(80)81)44(87)68-28(10-7-13-56-47(52)53)43(86)64-23(2)39(82)60-18-33(74)58-16-31(72)57-17-32(73)59-19-36(77)67-27(9-6-12-55-46(50)51)42(85)62-21-35(76)65-25(22-70)14-37(78)79/h22-29H,4-21H2,1-3H3,(H,57,72)(H,58,74)(H,59,73)(H,60,82)(H,61,84)(H,62,85)(H,63,75)(H,64,86)(H,65,76)(H,66,71)(H,67,77)(H,68,87)(H,69,83)(H,78,79)(H,80,81)(H4,48,49,54)(H4,50,51,55)(H4,52,53,56)/t23?,24-,25-,26-,27-,28-,29?/m0/s1. The molecule has 0 radical (unpaired) electrons. The molecule has 87 heavy (non-hydrogen) atoms. The average molecular weight is 1240 g/mol. The van der Waals surface area contributed by atoms with Crippen molar-refractivity contribution in [1.29, 1.82) is 0 Å². The van der Waals surface area contributed by atoms with E-state index in [1.165, 1.54) is 13.8 Å². The van der Waals surface area contributed by atoms with Gasteiger partial charge in [0.1, 0.15) is 42.5 Å². The van der Waals surface area contributed by atoms with E-state index in [0.717, 1.165) is 0 Å². The first-order valence-electron chi connectivity index (χ1n) is 26.6. The lowest BCUT2D eigenvalue weighted by molar-refractivity contribution is -0.141. The third-order valence-corrected chi connectivity index (χ3v) is 11.1. The zero-order valence-corrected chi connectivity index (χ0v) is 48.1. The Balaban J connectivity index is 5.45. The number of nitrogens with two attached hydrogens (primary N) is 6. The highest BCUT2D eigenvalue weighted by Crippen LogP contribution is 2.05. The SMILES string of the molecule is CCC(=O)N[C@@H](CCCN=C(N)N)C(=O)NCC(=O)N[C@@H](C)C(=O)NC(CC(=O)O)C(=O)N[C@@H](CCCN=C(N)N)C(=O)NC(C)C(=O)NCC(=O)NCC(=O)NCC(=O)NCC(=O)N[C@@H](CCCN=C(N)N)C(=O)NCC(=O)N[C@H](C=O)CC(=O)O. The molecule has 0 aliphatic carbocycles. The summed E-state index contributed by atoms with van der Waals surface area (Å²) in [5, 5.41) is 47.8. The van der Waals surface area contributed by atoms with E-state index in [-0.39, 0.29) is 88.7 Å². The molecule has 0 aliphatic rings. The van der Waals surface area contributed by atoms with E-state index < -0.39 is 183 Å². The van der Waals surface area contributed by atoms with Gasteiger partial charge in [0, 0.05) is 26.1 Å². The number of nitrogens with one attached hydrogen (secondary N) is 13. The van der Waals surface area contributed by atoms with Gasteiger partial charge in [-0.15, -0.1) is 0 Å². The Labute approximate surface area is 497 Å². The van der Waals surface area contributed by atoms with Crippen LogP contribution >= 0.6 is 0 Å². The smallest absolute Gasteiger partial charge is 0.305 e. The quantitative estimate of drug-likeness (QED) is 0.0117. The van der Waals surface area contributed by atoms with Gasteiger partial charge in [-0.2, -0.15) is 0 Å². The fourth-order valence-electron chi connectivity index (χ4n) is 6.75. The van der Waals surface area contributed by atoms with Crippen molar-refractivity contribution in [3.63, 3.8) is 0 Å². The highest BCUT2D eigenvalue weighted by atomic mass is 16.4. The zero-order valence-electron chi connectivity index (χ0n) is 48.1. The minimum absolute atomic E-state index is 0.0252. The van der Waals surface area contributed by atoms with E-state index in [4.69, 9.17) is 39.5 Å². The second-order valence-electron chi connectivity index (χ2n) is 18.6. The molecule has 0 rings (SSSR count). The highest BCUT2D eigenvalue weighted by molar-refractivity contribution is 5.98. The van der Waals surface area contributed by atoms with Gasteiger partial charge in [0.15, 0.2) is 17.9 Å². The van der Waals surface area contributed by atoms with E-state index in [1.807, 2.05) is 0 Å². The molecule has 0 heterocycles. The van der Waals surface area contributed by atoms with E-state index in [9.17, 15) is 81.8 Å². The Kier molecular flexibility index (Phi) is 37.3. The summed E-state index contributed by atoms with van der Waals surface area (Å²) in [7, 11) is 0. The van der Waals surface area contributed by atoms with Crippen LogP contribution in [0.3, 0.4) is 0 Å². The number of guanidine groups is 3. The van der Waals surface area contributed by atoms with Crippen LogP contribution in [-0.2, 0) is 76.7 Å². The Morgan fingerprint density at radius 2 is 0.713 bits per heavy atom. The van der Waals surface area contributed by atoms with Crippen molar-refractivity contribution in [2.24, 2.45) is 49.4 Å². The summed E-state index contributed by atoms with van der Waals surface area (Å²) in [6.07, 6.45) is -1.24. The summed E-state index contributed by atoms with van der Waals surface area (Å²) in [5.74, 6) is -15.4. The number of nitrogens with zero attached hydrogens (tertiary/aromatic N) is 3. The lowest BCUT2D eigenvalue weighted by Crippen LogP contribution is -2.58. The number of carbonyl (C=O) groups excluding carboxylic acids is 14. The third kappa shape index (κ3) is 37.4. The lowest BCUT2D eigenvalue weighted by Gasteiger charge is -2.24. The maximum atomic E-state index is 13.5. The van der Waals surface area contributed by atoms with E-state index in [2.05, 4.69) is 84.1 Å². The molecule has 2 unspecified atom stereocenters. The van der Waals surface area contributed by atoms with Crippen LogP contribution in [-0.4, -0.2) is 224 Å². The van der Waals surface area contributed by atoms with Crippen molar-refractivity contribution in [3.8, 4) is 0 Å². The summed E-state index contributed by atoms with van der Waals surface area (Å²) in [5.41, 5.74) is 32.0. The number of aliphatic imine (C=N–C) groups is 3. The topological polar surface area (TPSA) is 663 Å². The highest BCUT2D eigenvalue weighted by Gasteiger charge is 2.32. The van der Waals surface area contributed by atoms with Crippen LogP contribution in [0.2, 0.25) is 0 Å². The minimum Gasteiger partial charge on any atom is -0.481 e. The maximum absolute atomic E-state index is 13.5. The molecule has 0 aliphatic heterocycles. The molecule has 486 valence electrons. The van der Waals surface area contributed by atoms with Crippen LogP contribution in [0.15, 0.2) is 15.0 Å². The summed E-state index contributed by atoms with van der Waals surface area (Å²) in [4.78, 5) is 211. The van der Waals surface area contributed by atoms with Gasteiger partial charge in [-0.1, -0.05) is 6.92 Å². The fourth-order valence-corrected chi connectivity index (χ4v) is 6.75. The molecule has 13 amide bonds. The van der Waals surface area contributed by atoms with Gasteiger partial charge in [0.2, 0.25) is 76.8 Å². The van der Waals surface area contributed by atoms with Crippen LogP contribution in [0.4, 0.5) is 0 Å². The molecule has 7 atom stereocenters.